The average Bonchev–Trinajstić information content (AvgIpc) is 2.33. The van der Waals surface area contributed by atoms with Gasteiger partial charge in [-0.25, -0.2) is 0 Å². The number of pyridine rings is 1. The Balaban J connectivity index is 2.80. The fourth-order valence-electron chi connectivity index (χ4n) is 1.92. The molecule has 0 spiro atoms. The first kappa shape index (κ1) is 12.1. The van der Waals surface area contributed by atoms with Crippen molar-refractivity contribution < 1.29 is 10.0 Å². The molecule has 0 saturated carbocycles. The first-order valence-corrected chi connectivity index (χ1v) is 5.55. The fourth-order valence-corrected chi connectivity index (χ4v) is 1.92. The summed E-state index contributed by atoms with van der Waals surface area (Å²) in [5, 5.41) is 20.7. The van der Waals surface area contributed by atoms with Gasteiger partial charge in [-0.15, -0.1) is 0 Å². The first-order chi connectivity index (χ1) is 8.54. The summed E-state index contributed by atoms with van der Waals surface area (Å²) >= 11 is 0. The molecule has 0 bridgehead atoms. The second-order valence-corrected chi connectivity index (χ2v) is 3.98. The first-order valence-electron chi connectivity index (χ1n) is 5.55. The third-order valence-corrected chi connectivity index (χ3v) is 2.73. The monoisotopic (exact) mass is 248 g/mol. The molecule has 1 aromatic carbocycles. The molecule has 0 fully saturated rings. The smallest absolute Gasteiger partial charge is 0.270 e. The van der Waals surface area contributed by atoms with E-state index in [-0.39, 0.29) is 17.0 Å². The van der Waals surface area contributed by atoms with Crippen molar-refractivity contribution in [3.63, 3.8) is 0 Å². The molecule has 18 heavy (non-hydrogen) atoms. The molecule has 1 N–H and O–H groups in total. The maximum absolute atomic E-state index is 11.7. The van der Waals surface area contributed by atoms with Crippen LogP contribution in [0.15, 0.2) is 29.1 Å². The number of nitro benzene ring substituents is 1. The summed E-state index contributed by atoms with van der Waals surface area (Å²) in [7, 11) is 0. The van der Waals surface area contributed by atoms with Crippen molar-refractivity contribution in [3.8, 4) is 5.75 Å². The molecule has 2 rings (SSSR count). The number of hydrogen-bond donors (Lipinski definition) is 1. The number of non-ortho nitro benzene ring substituents is 1. The van der Waals surface area contributed by atoms with Crippen molar-refractivity contribution in [2.45, 2.75) is 19.9 Å². The van der Waals surface area contributed by atoms with Gasteiger partial charge in [0.15, 0.2) is 0 Å². The zero-order chi connectivity index (χ0) is 13.3. The van der Waals surface area contributed by atoms with E-state index in [2.05, 4.69) is 0 Å². The van der Waals surface area contributed by atoms with Crippen LogP contribution < -0.4 is 5.56 Å². The number of nitrogens with zero attached hydrogens (tertiary/aromatic N) is 2. The summed E-state index contributed by atoms with van der Waals surface area (Å²) in [6.07, 6.45) is 0.761. The van der Waals surface area contributed by atoms with Crippen LogP contribution >= 0.6 is 0 Å². The highest BCUT2D eigenvalue weighted by molar-refractivity contribution is 5.87. The van der Waals surface area contributed by atoms with Gasteiger partial charge in [-0.1, -0.05) is 6.92 Å². The summed E-state index contributed by atoms with van der Waals surface area (Å²) < 4.78 is 1.50. The van der Waals surface area contributed by atoms with Gasteiger partial charge >= 0.3 is 0 Å². The molecular weight excluding hydrogens is 236 g/mol. The molecule has 0 unspecified atom stereocenters. The largest absolute Gasteiger partial charge is 0.507 e. The van der Waals surface area contributed by atoms with Gasteiger partial charge in [-0.05, 0) is 12.5 Å². The molecule has 0 aliphatic carbocycles. The van der Waals surface area contributed by atoms with E-state index in [1.165, 1.54) is 22.8 Å². The van der Waals surface area contributed by atoms with Crippen LogP contribution in [-0.2, 0) is 6.54 Å². The minimum atomic E-state index is -0.534. The molecule has 0 saturated heterocycles. The van der Waals surface area contributed by atoms with Crippen molar-refractivity contribution in [1.29, 1.82) is 0 Å². The highest BCUT2D eigenvalue weighted by atomic mass is 16.6. The van der Waals surface area contributed by atoms with Gasteiger partial charge < -0.3 is 9.67 Å². The van der Waals surface area contributed by atoms with Crippen molar-refractivity contribution in [2.24, 2.45) is 0 Å². The van der Waals surface area contributed by atoms with E-state index in [1.54, 1.807) is 0 Å². The molecule has 0 aliphatic rings. The van der Waals surface area contributed by atoms with Crippen molar-refractivity contribution in [2.75, 3.05) is 0 Å². The Morgan fingerprint density at radius 2 is 2.11 bits per heavy atom. The molecule has 1 heterocycles. The average molecular weight is 248 g/mol. The Kier molecular flexibility index (Phi) is 3.01. The number of aryl methyl sites for hydroxylation is 1. The van der Waals surface area contributed by atoms with Gasteiger partial charge in [0.1, 0.15) is 5.75 Å². The summed E-state index contributed by atoms with van der Waals surface area (Å²) in [5.41, 5.74) is 0.0858. The van der Waals surface area contributed by atoms with Crippen molar-refractivity contribution >= 4 is 16.6 Å². The Bertz CT molecular complexity index is 676. The maximum Gasteiger partial charge on any atom is 0.270 e. The lowest BCUT2D eigenvalue weighted by molar-refractivity contribution is -0.384. The van der Waals surface area contributed by atoms with Gasteiger partial charge in [0.25, 0.3) is 11.2 Å². The van der Waals surface area contributed by atoms with E-state index < -0.39 is 4.92 Å². The Morgan fingerprint density at radius 1 is 1.39 bits per heavy atom. The predicted octanol–water partition coefficient (Wildman–Crippen LogP) is 2.03. The van der Waals surface area contributed by atoms with Crippen LogP contribution in [0.5, 0.6) is 5.75 Å². The molecule has 2 aromatic rings. The van der Waals surface area contributed by atoms with E-state index >= 15 is 0 Å². The number of nitro groups is 1. The minimum Gasteiger partial charge on any atom is -0.507 e. The molecule has 6 heteroatoms. The van der Waals surface area contributed by atoms with Gasteiger partial charge in [0, 0.05) is 30.1 Å². The van der Waals surface area contributed by atoms with E-state index in [0.29, 0.717) is 17.4 Å². The van der Waals surface area contributed by atoms with E-state index in [9.17, 15) is 20.0 Å². The van der Waals surface area contributed by atoms with Gasteiger partial charge in [0.05, 0.1) is 10.4 Å². The summed E-state index contributed by atoms with van der Waals surface area (Å²) in [5.74, 6) is -0.231. The fraction of sp³-hybridized carbons (Fsp3) is 0.250. The number of aromatic nitrogens is 1. The second-order valence-electron chi connectivity index (χ2n) is 3.98. The van der Waals surface area contributed by atoms with E-state index in [0.717, 1.165) is 12.5 Å². The second kappa shape index (κ2) is 4.48. The van der Waals surface area contributed by atoms with E-state index in [1.807, 2.05) is 6.92 Å². The number of hydrogen-bond acceptors (Lipinski definition) is 4. The molecule has 1 aromatic heterocycles. The maximum atomic E-state index is 11.7. The summed E-state index contributed by atoms with van der Waals surface area (Å²) in [6, 6.07) is 5.18. The third kappa shape index (κ3) is 1.92. The summed E-state index contributed by atoms with van der Waals surface area (Å²) in [4.78, 5) is 21.9. The summed E-state index contributed by atoms with van der Waals surface area (Å²) in [6.45, 7) is 2.43. The zero-order valence-corrected chi connectivity index (χ0v) is 9.79. The quantitative estimate of drug-likeness (QED) is 0.665. The third-order valence-electron chi connectivity index (χ3n) is 2.73. The normalized spacial score (nSPS) is 10.7. The SMILES string of the molecule is CCCn1c(=O)cc(O)c2cc([N+](=O)[O-])ccc21. The molecule has 0 atom stereocenters. The Labute approximate surface area is 102 Å². The minimum absolute atomic E-state index is 0.112. The van der Waals surface area contributed by atoms with Crippen LogP contribution in [0.3, 0.4) is 0 Å². The lowest BCUT2D eigenvalue weighted by atomic mass is 10.1. The standard InChI is InChI=1S/C12H12N2O4/c1-2-5-13-10-4-3-8(14(17)18)6-9(10)11(15)7-12(13)16/h3-4,6-7,15H,2,5H2,1H3. The highest BCUT2D eigenvalue weighted by Crippen LogP contribution is 2.26. The Hall–Kier alpha value is -2.37. The number of aromatic hydroxyl groups is 1. The van der Waals surface area contributed by atoms with Gasteiger partial charge in [-0.3, -0.25) is 14.9 Å². The van der Waals surface area contributed by atoms with Crippen molar-refractivity contribution in [3.05, 3.63) is 44.7 Å². The van der Waals surface area contributed by atoms with Crippen LogP contribution in [0.4, 0.5) is 5.69 Å². The topological polar surface area (TPSA) is 85.4 Å². The zero-order valence-electron chi connectivity index (χ0n) is 9.79. The van der Waals surface area contributed by atoms with E-state index in [4.69, 9.17) is 0 Å². The Morgan fingerprint density at radius 3 is 2.72 bits per heavy atom. The molecule has 0 amide bonds. The van der Waals surface area contributed by atoms with Crippen LogP contribution in [0, 0.1) is 10.1 Å². The van der Waals surface area contributed by atoms with Crippen LogP contribution in [0.1, 0.15) is 13.3 Å². The highest BCUT2D eigenvalue weighted by Gasteiger charge is 2.12. The van der Waals surface area contributed by atoms with Crippen LogP contribution in [-0.4, -0.2) is 14.6 Å². The van der Waals surface area contributed by atoms with Crippen LogP contribution in [0.25, 0.3) is 10.9 Å². The van der Waals surface area contributed by atoms with Crippen LogP contribution in [0.2, 0.25) is 0 Å². The molecule has 6 nitrogen and oxygen atoms in total. The number of benzene rings is 1. The van der Waals surface area contributed by atoms with Gasteiger partial charge in [0.2, 0.25) is 0 Å². The van der Waals surface area contributed by atoms with Gasteiger partial charge in [-0.2, -0.15) is 0 Å². The molecule has 0 radical (unpaired) electrons. The number of fused-ring (bicyclic) bond motifs is 1. The lowest BCUT2D eigenvalue weighted by Gasteiger charge is -2.09. The predicted molar refractivity (Wildman–Crippen MR) is 66.8 cm³/mol. The molecule has 94 valence electrons. The number of rotatable bonds is 3. The molecular formula is C12H12N2O4. The lowest BCUT2D eigenvalue weighted by Crippen LogP contribution is -2.19. The molecule has 0 aliphatic heterocycles. The van der Waals surface area contributed by atoms with Crippen molar-refractivity contribution in [1.82, 2.24) is 4.57 Å².